The largest absolute Gasteiger partial charge is 0.493 e. The molecular formula is C44H56N6O10S2. The third-order valence-electron chi connectivity index (χ3n) is 10.4. The molecule has 18 heteroatoms. The zero-order valence-electron chi connectivity index (χ0n) is 36.3. The van der Waals surface area contributed by atoms with Gasteiger partial charge >= 0.3 is 5.69 Å². The zero-order valence-corrected chi connectivity index (χ0v) is 38.0. The molecule has 0 aliphatic carbocycles. The summed E-state index contributed by atoms with van der Waals surface area (Å²) in [7, 11) is -4.01. The minimum Gasteiger partial charge on any atom is -0.493 e. The molecule has 62 heavy (non-hydrogen) atoms. The van der Waals surface area contributed by atoms with Gasteiger partial charge in [-0.3, -0.25) is 4.57 Å². The highest BCUT2D eigenvalue weighted by atomic mass is 32.2. The average molecular weight is 893 g/mol. The number of aliphatic hydroxyl groups is 1. The van der Waals surface area contributed by atoms with Crippen LogP contribution in [0.1, 0.15) is 74.9 Å². The number of H-pyrrole nitrogens is 1. The number of fused-ring (bicyclic) bond motifs is 2. The molecule has 16 nitrogen and oxygen atoms in total. The van der Waals surface area contributed by atoms with Gasteiger partial charge in [-0.2, -0.15) is 0 Å². The lowest BCUT2D eigenvalue weighted by Gasteiger charge is -2.31. The van der Waals surface area contributed by atoms with Crippen LogP contribution in [0.2, 0.25) is 0 Å². The number of anilines is 2. The van der Waals surface area contributed by atoms with Gasteiger partial charge < -0.3 is 39.3 Å². The molecule has 6 rings (SSSR count). The van der Waals surface area contributed by atoms with Gasteiger partial charge in [0.15, 0.2) is 34.5 Å². The molecule has 2 aromatic carbocycles. The van der Waals surface area contributed by atoms with Crippen molar-refractivity contribution in [2.45, 2.75) is 65.4 Å². The molecule has 5 aromatic rings. The molecule has 4 heterocycles. The summed E-state index contributed by atoms with van der Waals surface area (Å²) in [6.45, 7) is 8.61. The predicted molar refractivity (Wildman–Crippen MR) is 241 cm³/mol. The topological polar surface area (TPSA) is 204 Å². The highest BCUT2D eigenvalue weighted by Gasteiger charge is 2.37. The van der Waals surface area contributed by atoms with Crippen molar-refractivity contribution in [2.24, 2.45) is 5.92 Å². The summed E-state index contributed by atoms with van der Waals surface area (Å²) in [5.41, 5.74) is 4.91. The maximum absolute atomic E-state index is 13.4. The summed E-state index contributed by atoms with van der Waals surface area (Å²) in [5.74, 6) is 1.87. The van der Waals surface area contributed by atoms with Gasteiger partial charge in [-0.15, -0.1) is 0 Å². The van der Waals surface area contributed by atoms with Crippen LogP contribution in [0.25, 0.3) is 17.2 Å². The fraction of sp³-hybridized carbons (Fsp3) is 0.432. The van der Waals surface area contributed by atoms with E-state index in [0.29, 0.717) is 82.8 Å². The van der Waals surface area contributed by atoms with Crippen molar-refractivity contribution >= 4 is 48.4 Å². The maximum atomic E-state index is 13.4. The Morgan fingerprint density at radius 2 is 1.50 bits per heavy atom. The van der Waals surface area contributed by atoms with Gasteiger partial charge in [-0.25, -0.2) is 31.6 Å². The molecule has 1 aliphatic rings. The van der Waals surface area contributed by atoms with Gasteiger partial charge in [-0.1, -0.05) is 30.7 Å². The fourth-order valence-corrected chi connectivity index (χ4v) is 9.67. The molecule has 3 N–H and O–H groups in total. The standard InChI is InChI=1S/C44H56N6O10S2/c1-9-59-39-21-31(12-14-37(39)57-5)35(25-61(7,53)54)49-42-34(48-44(49)52)20-30(24-46-42)18-28(4)11-10-16-60-40-22-32(13-15-38(40)58-6)36(26-62(8,55)56)50-41-33(47-43(50)51)19-29(23-45-41)17-27(2)3/h12-15,17,19-24,28,35-36,44,48,52H,9-11,16,18,25-26H2,1-8H3,(H,47,51)/t28?,35-,36-,44?/m1/s1. The molecule has 0 spiro atoms. The van der Waals surface area contributed by atoms with E-state index in [-0.39, 0.29) is 17.4 Å². The smallest absolute Gasteiger partial charge is 0.328 e. The van der Waals surface area contributed by atoms with Crippen LogP contribution in [0.3, 0.4) is 0 Å². The number of pyridine rings is 2. The van der Waals surface area contributed by atoms with E-state index in [9.17, 15) is 26.7 Å². The highest BCUT2D eigenvalue weighted by molar-refractivity contribution is 7.90. The summed E-state index contributed by atoms with van der Waals surface area (Å²) < 4.78 is 75.3. The number of allylic oxidation sites excluding steroid dienone is 1. The molecule has 1 aliphatic heterocycles. The molecule has 3 aromatic heterocycles. The molecule has 0 bridgehead atoms. The number of benzene rings is 2. The number of rotatable bonds is 20. The summed E-state index contributed by atoms with van der Waals surface area (Å²) in [4.78, 5) is 27.1. The van der Waals surface area contributed by atoms with Gasteiger partial charge in [0.1, 0.15) is 19.7 Å². The van der Waals surface area contributed by atoms with E-state index in [1.807, 2.05) is 39.0 Å². The number of aromatic nitrogens is 4. The van der Waals surface area contributed by atoms with Crippen molar-refractivity contribution in [1.82, 2.24) is 19.5 Å². The molecule has 0 radical (unpaired) electrons. The third kappa shape index (κ3) is 11.1. The maximum Gasteiger partial charge on any atom is 0.328 e. The van der Waals surface area contributed by atoms with Crippen molar-refractivity contribution in [1.29, 1.82) is 0 Å². The Labute approximate surface area is 362 Å². The molecule has 0 saturated heterocycles. The molecule has 4 atom stereocenters. The molecule has 334 valence electrons. The molecule has 0 amide bonds. The SMILES string of the molecule is CCOc1cc([C@@H](CS(C)(=O)=O)N2c3ncc(CC(C)CCCOc4cc([C@@H](CS(C)(=O)=O)n5c(=O)[nH]c6cc(C=C(C)C)cnc65)ccc4OC)cc3NC2O)ccc1OC. The van der Waals surface area contributed by atoms with Crippen LogP contribution in [0, 0.1) is 5.92 Å². The number of methoxy groups -OCH3 is 2. The Bertz CT molecular complexity index is 2710. The normalized spacial score (nSPS) is 15.4. The van der Waals surface area contributed by atoms with E-state index in [0.717, 1.165) is 35.6 Å². The van der Waals surface area contributed by atoms with Gasteiger partial charge in [-0.05, 0) is 105 Å². The number of nitrogens with one attached hydrogen (secondary N) is 2. The number of hydrogen-bond acceptors (Lipinski definition) is 14. The third-order valence-corrected chi connectivity index (χ3v) is 12.3. The lowest BCUT2D eigenvalue weighted by atomic mass is 9.97. The monoisotopic (exact) mass is 892 g/mol. The number of sulfone groups is 2. The van der Waals surface area contributed by atoms with E-state index in [2.05, 4.69) is 22.2 Å². The molecular weight excluding hydrogens is 837 g/mol. The summed E-state index contributed by atoms with van der Waals surface area (Å²) in [6.07, 6.45) is 8.55. The van der Waals surface area contributed by atoms with Crippen molar-refractivity contribution in [3.63, 3.8) is 0 Å². The number of nitrogens with zero attached hydrogens (tertiary/aromatic N) is 4. The summed E-state index contributed by atoms with van der Waals surface area (Å²) >= 11 is 0. The van der Waals surface area contributed by atoms with E-state index >= 15 is 0 Å². The first kappa shape index (κ1) is 45.9. The minimum atomic E-state index is -3.56. The van der Waals surface area contributed by atoms with Crippen LogP contribution in [0.5, 0.6) is 23.0 Å². The van der Waals surface area contributed by atoms with E-state index < -0.39 is 43.8 Å². The lowest BCUT2D eigenvalue weighted by molar-refractivity contribution is 0.194. The van der Waals surface area contributed by atoms with Crippen LogP contribution >= 0.6 is 0 Å². The minimum absolute atomic E-state index is 0.209. The van der Waals surface area contributed by atoms with Crippen LogP contribution in [0.15, 0.2) is 71.3 Å². The average Bonchev–Trinajstić information content (AvgIpc) is 3.70. The quantitative estimate of drug-likeness (QED) is 0.0777. The van der Waals surface area contributed by atoms with Gasteiger partial charge in [0.2, 0.25) is 6.35 Å². The van der Waals surface area contributed by atoms with Crippen LogP contribution < -0.4 is 34.9 Å². The molecule has 0 saturated carbocycles. The summed E-state index contributed by atoms with van der Waals surface area (Å²) in [6, 6.07) is 12.4. The first-order chi connectivity index (χ1) is 29.4. The van der Waals surface area contributed by atoms with Gasteiger partial charge in [0.25, 0.3) is 0 Å². The Morgan fingerprint density at radius 3 is 2.11 bits per heavy atom. The van der Waals surface area contributed by atoms with E-state index in [1.165, 1.54) is 18.8 Å². The van der Waals surface area contributed by atoms with Crippen LogP contribution in [0.4, 0.5) is 11.5 Å². The Morgan fingerprint density at radius 1 is 0.871 bits per heavy atom. The highest BCUT2D eigenvalue weighted by Crippen LogP contribution is 2.41. The Hall–Kier alpha value is -5.59. The second-order valence-corrected chi connectivity index (χ2v) is 20.4. The van der Waals surface area contributed by atoms with Crippen molar-refractivity contribution in [3.8, 4) is 23.0 Å². The number of hydrogen-bond donors (Lipinski definition) is 3. The second kappa shape index (κ2) is 19.2. The van der Waals surface area contributed by atoms with Gasteiger partial charge in [0, 0.05) is 24.9 Å². The van der Waals surface area contributed by atoms with Crippen LogP contribution in [-0.4, -0.2) is 99.3 Å². The van der Waals surface area contributed by atoms with Crippen molar-refractivity contribution < 1.29 is 40.9 Å². The first-order valence-corrected chi connectivity index (χ1v) is 24.4. The number of aliphatic hydroxyl groups excluding tert-OH is 1. The Kier molecular flexibility index (Phi) is 14.2. The molecule has 0 fully saturated rings. The number of aromatic amines is 1. The van der Waals surface area contributed by atoms with Gasteiger partial charge in [0.05, 0.1) is 62.2 Å². The van der Waals surface area contributed by atoms with Crippen molar-refractivity contribution in [2.75, 3.05) is 61.7 Å². The zero-order chi connectivity index (χ0) is 44.9. The number of ether oxygens (including phenoxy) is 4. The van der Waals surface area contributed by atoms with E-state index in [1.54, 1.807) is 53.7 Å². The second-order valence-electron chi connectivity index (χ2n) is 16.1. The van der Waals surface area contributed by atoms with Crippen LogP contribution in [-0.2, 0) is 26.1 Å². The first-order valence-electron chi connectivity index (χ1n) is 20.3. The predicted octanol–water partition coefficient (Wildman–Crippen LogP) is 5.92. The Balaban J connectivity index is 1.14. The summed E-state index contributed by atoms with van der Waals surface area (Å²) in [5, 5.41) is 14.3. The fourth-order valence-electron chi connectivity index (χ4n) is 7.83. The van der Waals surface area contributed by atoms with Crippen molar-refractivity contribution in [3.05, 3.63) is 99.2 Å². The number of imidazole rings is 1. The molecule has 2 unspecified atom stereocenters. The van der Waals surface area contributed by atoms with E-state index in [4.69, 9.17) is 23.9 Å². The lowest BCUT2D eigenvalue weighted by Crippen LogP contribution is -2.41.